The van der Waals surface area contributed by atoms with Crippen molar-refractivity contribution < 1.29 is 13.2 Å². The molecule has 0 spiro atoms. The number of benzene rings is 2. The number of hydrogen-bond donors (Lipinski definition) is 1. The van der Waals surface area contributed by atoms with E-state index in [1.807, 2.05) is 6.07 Å². The van der Waals surface area contributed by atoms with Crippen molar-refractivity contribution in [1.82, 2.24) is 0 Å². The molecule has 0 aliphatic heterocycles. The Kier molecular flexibility index (Phi) is 4.45. The number of halogens is 5. The number of anilines is 2. The van der Waals surface area contributed by atoms with E-state index in [0.717, 1.165) is 12.1 Å². The molecule has 0 bridgehead atoms. The molecule has 0 amide bonds. The smallest absolute Gasteiger partial charge is 0.354 e. The lowest BCUT2D eigenvalue weighted by atomic mass is 10.1. The van der Waals surface area contributed by atoms with Crippen LogP contribution >= 0.6 is 27.5 Å². The van der Waals surface area contributed by atoms with Crippen LogP contribution in [0.15, 0.2) is 40.9 Å². The number of rotatable bonds is 2. The second kappa shape index (κ2) is 5.96. The van der Waals surface area contributed by atoms with Gasteiger partial charge < -0.3 is 5.32 Å². The van der Waals surface area contributed by atoms with Crippen LogP contribution in [0.1, 0.15) is 11.1 Å². The first-order valence-electron chi connectivity index (χ1n) is 5.64. The highest BCUT2D eigenvalue weighted by atomic mass is 79.9. The van der Waals surface area contributed by atoms with Gasteiger partial charge in [0.25, 0.3) is 0 Å². The maximum absolute atomic E-state index is 12.7. The SMILES string of the molecule is N#Cc1ccc(Br)cc1Nc1cc(Cl)cc(C(F)(F)F)c1. The summed E-state index contributed by atoms with van der Waals surface area (Å²) >= 11 is 8.96. The van der Waals surface area contributed by atoms with E-state index in [-0.39, 0.29) is 10.7 Å². The largest absolute Gasteiger partial charge is 0.416 e. The topological polar surface area (TPSA) is 35.8 Å². The number of hydrogen-bond acceptors (Lipinski definition) is 2. The zero-order valence-corrected chi connectivity index (χ0v) is 12.6. The third kappa shape index (κ3) is 3.90. The molecule has 2 nitrogen and oxygen atoms in total. The summed E-state index contributed by atoms with van der Waals surface area (Å²) in [7, 11) is 0. The van der Waals surface area contributed by atoms with Crippen LogP contribution in [-0.4, -0.2) is 0 Å². The fourth-order valence-electron chi connectivity index (χ4n) is 1.70. The number of nitriles is 1. The number of nitrogens with one attached hydrogen (secondary N) is 1. The van der Waals surface area contributed by atoms with Crippen molar-refractivity contribution in [3.05, 3.63) is 57.0 Å². The van der Waals surface area contributed by atoms with Gasteiger partial charge in [0.05, 0.1) is 16.8 Å². The molecule has 0 radical (unpaired) electrons. The molecule has 7 heteroatoms. The summed E-state index contributed by atoms with van der Waals surface area (Å²) < 4.78 is 38.9. The van der Waals surface area contributed by atoms with Crippen LogP contribution in [0.4, 0.5) is 24.5 Å². The molecular formula is C14H7BrClF3N2. The van der Waals surface area contributed by atoms with Gasteiger partial charge in [-0.1, -0.05) is 27.5 Å². The van der Waals surface area contributed by atoms with Crippen LogP contribution in [0.25, 0.3) is 0 Å². The standard InChI is InChI=1S/C14H7BrClF3N2/c15-10-2-1-8(7-20)13(5-10)21-12-4-9(14(17,18)19)3-11(16)6-12/h1-6,21H. The summed E-state index contributed by atoms with van der Waals surface area (Å²) in [4.78, 5) is 0. The van der Waals surface area contributed by atoms with Gasteiger partial charge in [0.1, 0.15) is 6.07 Å². The zero-order chi connectivity index (χ0) is 15.6. The maximum Gasteiger partial charge on any atom is 0.416 e. The Morgan fingerprint density at radius 3 is 2.48 bits per heavy atom. The summed E-state index contributed by atoms with van der Waals surface area (Å²) in [5.74, 6) is 0. The predicted molar refractivity (Wildman–Crippen MR) is 78.6 cm³/mol. The molecule has 21 heavy (non-hydrogen) atoms. The minimum atomic E-state index is -4.49. The number of nitrogens with zero attached hydrogens (tertiary/aromatic N) is 1. The molecule has 0 aliphatic carbocycles. The van der Waals surface area contributed by atoms with E-state index >= 15 is 0 Å². The van der Waals surface area contributed by atoms with E-state index < -0.39 is 11.7 Å². The van der Waals surface area contributed by atoms with Gasteiger partial charge in [-0.3, -0.25) is 0 Å². The van der Waals surface area contributed by atoms with E-state index in [1.165, 1.54) is 6.07 Å². The Hall–Kier alpha value is -1.71. The van der Waals surface area contributed by atoms with Crippen molar-refractivity contribution in [3.63, 3.8) is 0 Å². The second-order valence-corrected chi connectivity index (χ2v) is 5.51. The second-order valence-electron chi connectivity index (χ2n) is 4.15. The fourth-order valence-corrected chi connectivity index (χ4v) is 2.29. The van der Waals surface area contributed by atoms with E-state index in [2.05, 4.69) is 21.2 Å². The Bertz CT molecular complexity index is 723. The van der Waals surface area contributed by atoms with Gasteiger partial charge in [-0.15, -0.1) is 0 Å². The van der Waals surface area contributed by atoms with Crippen molar-refractivity contribution in [2.24, 2.45) is 0 Å². The molecule has 0 heterocycles. The molecule has 108 valence electrons. The van der Waals surface area contributed by atoms with E-state index in [1.54, 1.807) is 18.2 Å². The van der Waals surface area contributed by atoms with Gasteiger partial charge in [0.15, 0.2) is 0 Å². The summed E-state index contributed by atoms with van der Waals surface area (Å²) in [6.07, 6.45) is -4.49. The van der Waals surface area contributed by atoms with Gasteiger partial charge in [-0.05, 0) is 36.4 Å². The maximum atomic E-state index is 12.7. The van der Waals surface area contributed by atoms with Gasteiger partial charge in [-0.25, -0.2) is 0 Å². The molecule has 0 atom stereocenters. The van der Waals surface area contributed by atoms with Gasteiger partial charge >= 0.3 is 6.18 Å². The van der Waals surface area contributed by atoms with Crippen molar-refractivity contribution in [1.29, 1.82) is 5.26 Å². The Morgan fingerprint density at radius 2 is 1.86 bits per heavy atom. The van der Waals surface area contributed by atoms with Crippen molar-refractivity contribution in [2.75, 3.05) is 5.32 Å². The predicted octanol–water partition coefficient (Wildman–Crippen LogP) is 5.74. The monoisotopic (exact) mass is 374 g/mol. The minimum absolute atomic E-state index is 0.0409. The van der Waals surface area contributed by atoms with E-state index in [9.17, 15) is 13.2 Å². The molecule has 2 aromatic rings. The van der Waals surface area contributed by atoms with Crippen molar-refractivity contribution in [3.8, 4) is 6.07 Å². The Labute approximate surface area is 132 Å². The molecular weight excluding hydrogens is 369 g/mol. The normalized spacial score (nSPS) is 11.0. The van der Waals surface area contributed by atoms with Crippen molar-refractivity contribution in [2.45, 2.75) is 6.18 Å². The van der Waals surface area contributed by atoms with E-state index in [4.69, 9.17) is 16.9 Å². The van der Waals surface area contributed by atoms with Gasteiger partial charge in [0.2, 0.25) is 0 Å². The van der Waals surface area contributed by atoms with Gasteiger partial charge in [0, 0.05) is 15.2 Å². The summed E-state index contributed by atoms with van der Waals surface area (Å²) in [6.45, 7) is 0. The lowest BCUT2D eigenvalue weighted by Gasteiger charge is -2.13. The molecule has 0 saturated heterocycles. The highest BCUT2D eigenvalue weighted by Crippen LogP contribution is 2.34. The average Bonchev–Trinajstić information content (AvgIpc) is 2.37. The first-order chi connectivity index (χ1) is 9.79. The molecule has 0 saturated carbocycles. The molecule has 2 aromatic carbocycles. The van der Waals surface area contributed by atoms with Crippen LogP contribution in [0.5, 0.6) is 0 Å². The molecule has 2 rings (SSSR count). The first-order valence-corrected chi connectivity index (χ1v) is 6.81. The van der Waals surface area contributed by atoms with E-state index in [0.29, 0.717) is 15.7 Å². The van der Waals surface area contributed by atoms with Crippen LogP contribution in [0.2, 0.25) is 5.02 Å². The molecule has 0 aromatic heterocycles. The van der Waals surface area contributed by atoms with Crippen LogP contribution in [0, 0.1) is 11.3 Å². The first kappa shape index (κ1) is 15.7. The molecule has 0 fully saturated rings. The number of alkyl halides is 3. The highest BCUT2D eigenvalue weighted by molar-refractivity contribution is 9.10. The third-order valence-electron chi connectivity index (χ3n) is 2.61. The molecule has 1 N–H and O–H groups in total. The Morgan fingerprint density at radius 1 is 1.14 bits per heavy atom. The van der Waals surface area contributed by atoms with Crippen LogP contribution in [0.3, 0.4) is 0 Å². The zero-order valence-electron chi connectivity index (χ0n) is 10.3. The van der Waals surface area contributed by atoms with Gasteiger partial charge in [-0.2, -0.15) is 18.4 Å². The summed E-state index contributed by atoms with van der Waals surface area (Å²) in [5.41, 5.74) is 0.00410. The Balaban J connectivity index is 2.43. The van der Waals surface area contributed by atoms with Crippen LogP contribution in [-0.2, 0) is 6.18 Å². The summed E-state index contributed by atoms with van der Waals surface area (Å²) in [5, 5.41) is 11.8. The van der Waals surface area contributed by atoms with Crippen molar-refractivity contribution >= 4 is 38.9 Å². The summed E-state index contributed by atoms with van der Waals surface area (Å²) in [6, 6.07) is 9.94. The molecule has 0 aliphatic rings. The minimum Gasteiger partial charge on any atom is -0.354 e. The average molecular weight is 376 g/mol. The highest BCUT2D eigenvalue weighted by Gasteiger charge is 2.31. The quantitative estimate of drug-likeness (QED) is 0.727. The third-order valence-corrected chi connectivity index (χ3v) is 3.32. The lowest BCUT2D eigenvalue weighted by Crippen LogP contribution is -2.05. The fraction of sp³-hybridized carbons (Fsp3) is 0.0714. The van der Waals surface area contributed by atoms with Crippen LogP contribution < -0.4 is 5.32 Å². The lowest BCUT2D eigenvalue weighted by molar-refractivity contribution is -0.137. The molecule has 0 unspecified atom stereocenters.